The average Bonchev–Trinajstić information content (AvgIpc) is 2.79. The number of hydrogen-bond acceptors (Lipinski definition) is 6. The van der Waals surface area contributed by atoms with E-state index in [0.717, 1.165) is 6.07 Å². The van der Waals surface area contributed by atoms with E-state index in [1.54, 1.807) is 0 Å². The van der Waals surface area contributed by atoms with Crippen molar-refractivity contribution in [1.29, 1.82) is 0 Å². The third kappa shape index (κ3) is 3.72. The molecule has 2 aliphatic heterocycles. The zero-order chi connectivity index (χ0) is 24.0. The van der Waals surface area contributed by atoms with E-state index in [9.17, 15) is 19.4 Å². The molecule has 2 aromatic rings. The van der Waals surface area contributed by atoms with Crippen molar-refractivity contribution in [3.8, 4) is 0 Å². The summed E-state index contributed by atoms with van der Waals surface area (Å²) in [5.41, 5.74) is 6.77. The van der Waals surface area contributed by atoms with Gasteiger partial charge in [0, 0.05) is 43.5 Å². The van der Waals surface area contributed by atoms with E-state index in [-0.39, 0.29) is 49.9 Å². The van der Waals surface area contributed by atoms with Gasteiger partial charge in [0.15, 0.2) is 5.82 Å². The van der Waals surface area contributed by atoms with Gasteiger partial charge in [0.25, 0.3) is 0 Å². The van der Waals surface area contributed by atoms with E-state index in [4.69, 9.17) is 17.3 Å². The molecule has 0 amide bonds. The van der Waals surface area contributed by atoms with Crippen LogP contribution in [0.5, 0.6) is 0 Å². The summed E-state index contributed by atoms with van der Waals surface area (Å²) < 4.78 is 29.8. The zero-order valence-corrected chi connectivity index (χ0v) is 18.6. The first-order chi connectivity index (χ1) is 15.7. The number of nitrogens with two attached hydrogens (primary N) is 1. The first kappa shape index (κ1) is 23.0. The molecule has 0 spiro atoms. The fourth-order valence-corrected chi connectivity index (χ4v) is 4.68. The summed E-state index contributed by atoms with van der Waals surface area (Å²) >= 11 is 6.81. The number of rotatable bonds is 4. The molecular weight excluding hydrogens is 454 g/mol. The summed E-state index contributed by atoms with van der Waals surface area (Å²) in [6, 6.07) is 2.36. The highest BCUT2D eigenvalue weighted by atomic mass is 35.5. The summed E-state index contributed by atoms with van der Waals surface area (Å²) in [6.45, 7) is 7.23. The molecule has 4 rings (SSSR count). The normalized spacial score (nSPS) is 16.0. The molecule has 10 heteroatoms. The second-order valence-corrected chi connectivity index (χ2v) is 8.30. The molecule has 0 atom stereocenters. The van der Waals surface area contributed by atoms with E-state index >= 15 is 4.39 Å². The number of anilines is 4. The van der Waals surface area contributed by atoms with Crippen LogP contribution in [0.1, 0.15) is 16.7 Å². The van der Waals surface area contributed by atoms with E-state index < -0.39 is 24.2 Å². The van der Waals surface area contributed by atoms with Crippen LogP contribution < -0.4 is 20.9 Å². The van der Waals surface area contributed by atoms with Crippen molar-refractivity contribution in [2.45, 2.75) is 13.5 Å². The molecule has 7 nitrogen and oxygen atoms in total. The predicted molar refractivity (Wildman–Crippen MR) is 125 cm³/mol. The van der Waals surface area contributed by atoms with Gasteiger partial charge in [0.05, 0.1) is 40.0 Å². The topological polar surface area (TPSA) is 102 Å². The van der Waals surface area contributed by atoms with Crippen LogP contribution in [0.3, 0.4) is 0 Å². The molecule has 0 radical (unpaired) electrons. The lowest BCUT2D eigenvalue weighted by Crippen LogP contribution is -2.44. The minimum atomic E-state index is -1.28. The number of nitrogens with one attached hydrogen (secondary N) is 1. The van der Waals surface area contributed by atoms with Gasteiger partial charge in [-0.3, -0.25) is 0 Å². The molecule has 0 saturated carbocycles. The number of piperazine rings is 1. The lowest BCUT2D eigenvalue weighted by atomic mass is 9.89. The molecule has 5 N–H and O–H groups in total. The van der Waals surface area contributed by atoms with Gasteiger partial charge in [-0.2, -0.15) is 0 Å². The Labute approximate surface area is 194 Å². The van der Waals surface area contributed by atoms with Crippen molar-refractivity contribution in [2.75, 3.05) is 41.7 Å². The highest BCUT2D eigenvalue weighted by Crippen LogP contribution is 2.51. The number of nitrogens with zero attached hydrogens (tertiary/aromatic N) is 2. The standard InChI is InChI=1S/C23H23ClF2N4O3/c1-11-14(23(32)33)9-30(17-8-16(27)15(25)7-13(17)10-31)21-18(11)12(2)20(26)22(19(21)24)29-5-3-28-4-6-29/h7-9,28,31H,1,3-6,10,27H2,2H3,(H,32,33). The Morgan fingerprint density at radius 2 is 1.94 bits per heavy atom. The fourth-order valence-electron chi connectivity index (χ4n) is 4.30. The predicted octanol–water partition coefficient (Wildman–Crippen LogP) is 3.54. The molecule has 0 aliphatic carbocycles. The maximum absolute atomic E-state index is 15.6. The summed E-state index contributed by atoms with van der Waals surface area (Å²) in [6.07, 6.45) is 1.28. The summed E-state index contributed by atoms with van der Waals surface area (Å²) in [4.78, 5) is 15.2. The molecule has 1 fully saturated rings. The number of benzene rings is 2. The highest BCUT2D eigenvalue weighted by Gasteiger charge is 2.35. The Balaban J connectivity index is 2.06. The van der Waals surface area contributed by atoms with Crippen LogP contribution in [-0.4, -0.2) is 42.4 Å². The van der Waals surface area contributed by atoms with Crippen molar-refractivity contribution < 1.29 is 23.8 Å². The van der Waals surface area contributed by atoms with Crippen LogP contribution in [0.25, 0.3) is 5.57 Å². The number of aliphatic hydroxyl groups excluding tert-OH is 1. The first-order valence-corrected chi connectivity index (χ1v) is 10.6. The number of aliphatic hydroxyl groups is 1. The molecule has 0 bridgehead atoms. The van der Waals surface area contributed by atoms with Gasteiger partial charge in [0.1, 0.15) is 5.82 Å². The number of nitrogen functional groups attached to an aromatic ring is 1. The molecular formula is C23H23ClF2N4O3. The second-order valence-electron chi connectivity index (χ2n) is 7.92. The number of carboxylic acid groups (broad SMARTS) is 1. The second kappa shape index (κ2) is 8.66. The Morgan fingerprint density at radius 3 is 2.55 bits per heavy atom. The van der Waals surface area contributed by atoms with Crippen LogP contribution in [0.2, 0.25) is 5.02 Å². The smallest absolute Gasteiger partial charge is 0.337 e. The quantitative estimate of drug-likeness (QED) is 0.500. The first-order valence-electron chi connectivity index (χ1n) is 10.3. The lowest BCUT2D eigenvalue weighted by molar-refractivity contribution is -0.132. The van der Waals surface area contributed by atoms with Gasteiger partial charge in [-0.05, 0) is 30.2 Å². The largest absolute Gasteiger partial charge is 0.478 e. The maximum Gasteiger partial charge on any atom is 0.337 e. The molecule has 2 aliphatic rings. The summed E-state index contributed by atoms with van der Waals surface area (Å²) in [5.74, 6) is -2.57. The molecule has 33 heavy (non-hydrogen) atoms. The monoisotopic (exact) mass is 476 g/mol. The summed E-state index contributed by atoms with van der Waals surface area (Å²) in [7, 11) is 0. The number of carboxylic acids is 1. The molecule has 1 saturated heterocycles. The minimum absolute atomic E-state index is 0.0589. The number of aliphatic carboxylic acids is 1. The van der Waals surface area contributed by atoms with Crippen molar-refractivity contribution in [3.63, 3.8) is 0 Å². The van der Waals surface area contributed by atoms with Gasteiger partial charge in [-0.25, -0.2) is 13.6 Å². The van der Waals surface area contributed by atoms with Gasteiger partial charge in [-0.1, -0.05) is 18.2 Å². The minimum Gasteiger partial charge on any atom is -0.478 e. The molecule has 0 unspecified atom stereocenters. The number of fused-ring (bicyclic) bond motifs is 1. The van der Waals surface area contributed by atoms with Crippen molar-refractivity contribution in [1.82, 2.24) is 5.32 Å². The van der Waals surface area contributed by atoms with Gasteiger partial charge in [0.2, 0.25) is 0 Å². The van der Waals surface area contributed by atoms with Crippen LogP contribution in [0, 0.1) is 18.6 Å². The van der Waals surface area contributed by atoms with Crippen molar-refractivity contribution in [3.05, 3.63) is 63.8 Å². The Kier molecular flexibility index (Phi) is 6.04. The average molecular weight is 477 g/mol. The van der Waals surface area contributed by atoms with Crippen LogP contribution in [0.4, 0.5) is 31.5 Å². The molecule has 2 aromatic carbocycles. The molecule has 174 valence electrons. The van der Waals surface area contributed by atoms with Gasteiger partial charge < -0.3 is 31.1 Å². The van der Waals surface area contributed by atoms with Crippen molar-refractivity contribution in [2.24, 2.45) is 0 Å². The third-order valence-corrected chi connectivity index (χ3v) is 6.34. The highest BCUT2D eigenvalue weighted by molar-refractivity contribution is 6.37. The molecule has 2 heterocycles. The SMILES string of the molecule is C=C1C(C(=O)O)=CN(c2cc(N)c(F)cc2CO)c2c(Cl)c(N3CCNCC3)c(F)c(C)c21. The Bertz CT molecular complexity index is 1210. The van der Waals surface area contributed by atoms with Crippen molar-refractivity contribution >= 4 is 45.9 Å². The fraction of sp³-hybridized carbons (Fsp3) is 0.261. The van der Waals surface area contributed by atoms with E-state index in [1.807, 2.05) is 4.90 Å². The Hall–Kier alpha value is -3.14. The number of halogens is 3. The van der Waals surface area contributed by atoms with Gasteiger partial charge >= 0.3 is 5.97 Å². The zero-order valence-electron chi connectivity index (χ0n) is 17.9. The lowest BCUT2D eigenvalue weighted by Gasteiger charge is -2.37. The molecule has 0 aromatic heterocycles. The number of carbonyl (C=O) groups is 1. The van der Waals surface area contributed by atoms with Crippen LogP contribution in [0.15, 0.2) is 30.5 Å². The van der Waals surface area contributed by atoms with Crippen LogP contribution >= 0.6 is 11.6 Å². The van der Waals surface area contributed by atoms with E-state index in [0.29, 0.717) is 31.9 Å². The maximum atomic E-state index is 15.6. The van der Waals surface area contributed by atoms with E-state index in [2.05, 4.69) is 11.9 Å². The summed E-state index contributed by atoms with van der Waals surface area (Å²) in [5, 5.41) is 22.9. The van der Waals surface area contributed by atoms with E-state index in [1.165, 1.54) is 24.1 Å². The van der Waals surface area contributed by atoms with Gasteiger partial charge in [-0.15, -0.1) is 0 Å². The third-order valence-electron chi connectivity index (χ3n) is 5.98. The van der Waals surface area contributed by atoms with Crippen LogP contribution in [-0.2, 0) is 11.4 Å². The Morgan fingerprint density at radius 1 is 1.27 bits per heavy atom. The number of hydrogen-bond donors (Lipinski definition) is 4.